The number of aryl methyl sites for hydroxylation is 1. The van der Waals surface area contributed by atoms with E-state index in [0.717, 1.165) is 11.3 Å². The third kappa shape index (κ3) is 4.28. The molecule has 0 aliphatic heterocycles. The van der Waals surface area contributed by atoms with E-state index in [4.69, 9.17) is 5.73 Å². The normalized spacial score (nSPS) is 12.2. The number of hydrogen-bond acceptors (Lipinski definition) is 4. The summed E-state index contributed by atoms with van der Waals surface area (Å²) < 4.78 is 0. The second-order valence-corrected chi connectivity index (χ2v) is 4.86. The fourth-order valence-electron chi connectivity index (χ4n) is 1.30. The Kier molecular flexibility index (Phi) is 5.31. The monoisotopic (exact) mass is 254 g/mol. The molecule has 4 nitrogen and oxygen atoms in total. The number of amides is 1. The van der Waals surface area contributed by atoms with Gasteiger partial charge in [-0.3, -0.25) is 4.79 Å². The highest BCUT2D eigenvalue weighted by Gasteiger charge is 2.13. The van der Waals surface area contributed by atoms with Gasteiger partial charge in [0.1, 0.15) is 5.75 Å². The molecule has 1 atom stereocenters. The Labute approximate surface area is 106 Å². The number of phenols is 1. The summed E-state index contributed by atoms with van der Waals surface area (Å²) >= 11 is 1.66. The first-order valence-electron chi connectivity index (χ1n) is 5.39. The molecule has 0 radical (unpaired) electrons. The van der Waals surface area contributed by atoms with Crippen molar-refractivity contribution in [2.45, 2.75) is 19.4 Å². The summed E-state index contributed by atoms with van der Waals surface area (Å²) in [4.78, 5) is 11.7. The molecular weight excluding hydrogens is 236 g/mol. The minimum atomic E-state index is -0.508. The van der Waals surface area contributed by atoms with Crippen LogP contribution in [-0.2, 0) is 4.79 Å². The van der Waals surface area contributed by atoms with Crippen LogP contribution in [0.3, 0.4) is 0 Å². The Morgan fingerprint density at radius 2 is 2.29 bits per heavy atom. The number of carbonyl (C=O) groups excluding carboxylic acids is 1. The van der Waals surface area contributed by atoms with Crippen LogP contribution in [0.15, 0.2) is 18.2 Å². The molecule has 17 heavy (non-hydrogen) atoms. The first-order chi connectivity index (χ1) is 8.04. The maximum atomic E-state index is 11.7. The van der Waals surface area contributed by atoms with Gasteiger partial charge in [-0.2, -0.15) is 11.8 Å². The molecule has 94 valence electrons. The van der Waals surface area contributed by atoms with E-state index < -0.39 is 6.04 Å². The number of nitrogens with one attached hydrogen (secondary N) is 1. The van der Waals surface area contributed by atoms with Crippen LogP contribution in [0.25, 0.3) is 0 Å². The molecule has 1 aromatic rings. The minimum absolute atomic E-state index is 0.167. The van der Waals surface area contributed by atoms with Crippen molar-refractivity contribution in [3.05, 3.63) is 23.8 Å². The van der Waals surface area contributed by atoms with Crippen molar-refractivity contribution in [1.29, 1.82) is 0 Å². The molecule has 0 heterocycles. The zero-order valence-corrected chi connectivity index (χ0v) is 10.9. The topological polar surface area (TPSA) is 75.4 Å². The number of nitrogens with two attached hydrogens (primary N) is 1. The van der Waals surface area contributed by atoms with E-state index in [2.05, 4.69) is 5.32 Å². The smallest absolute Gasteiger partial charge is 0.241 e. The van der Waals surface area contributed by atoms with E-state index in [9.17, 15) is 9.90 Å². The maximum absolute atomic E-state index is 11.7. The molecule has 1 amide bonds. The van der Waals surface area contributed by atoms with Gasteiger partial charge in [0.2, 0.25) is 5.91 Å². The van der Waals surface area contributed by atoms with Crippen LogP contribution in [0.5, 0.6) is 5.75 Å². The SMILES string of the molecule is CSCC[C@H](N)C(=O)Nc1ccc(C)c(O)c1. The number of hydrogen-bond donors (Lipinski definition) is 3. The zero-order chi connectivity index (χ0) is 12.8. The minimum Gasteiger partial charge on any atom is -0.508 e. The van der Waals surface area contributed by atoms with Crippen LogP contribution in [0.4, 0.5) is 5.69 Å². The highest BCUT2D eigenvalue weighted by molar-refractivity contribution is 7.98. The maximum Gasteiger partial charge on any atom is 0.241 e. The lowest BCUT2D eigenvalue weighted by Crippen LogP contribution is -2.36. The van der Waals surface area contributed by atoms with Crippen molar-refractivity contribution >= 4 is 23.4 Å². The van der Waals surface area contributed by atoms with Gasteiger partial charge in [0.25, 0.3) is 0 Å². The molecule has 0 aliphatic carbocycles. The van der Waals surface area contributed by atoms with Crippen molar-refractivity contribution in [3.8, 4) is 5.75 Å². The Morgan fingerprint density at radius 3 is 2.88 bits per heavy atom. The summed E-state index contributed by atoms with van der Waals surface area (Å²) in [6, 6.07) is 4.51. The van der Waals surface area contributed by atoms with Gasteiger partial charge in [0.15, 0.2) is 0 Å². The molecule has 0 fully saturated rings. The van der Waals surface area contributed by atoms with E-state index in [0.29, 0.717) is 12.1 Å². The Morgan fingerprint density at radius 1 is 1.59 bits per heavy atom. The Balaban J connectivity index is 2.58. The summed E-state index contributed by atoms with van der Waals surface area (Å²) in [7, 11) is 0. The number of phenolic OH excluding ortho intramolecular Hbond substituents is 1. The van der Waals surface area contributed by atoms with E-state index in [1.54, 1.807) is 30.8 Å². The summed E-state index contributed by atoms with van der Waals surface area (Å²) in [6.07, 6.45) is 2.62. The van der Waals surface area contributed by atoms with Crippen LogP contribution in [0.2, 0.25) is 0 Å². The molecule has 4 N–H and O–H groups in total. The molecule has 0 unspecified atom stereocenters. The summed E-state index contributed by atoms with van der Waals surface area (Å²) in [5, 5.41) is 12.2. The molecule has 5 heteroatoms. The Hall–Kier alpha value is -1.20. The third-order valence-electron chi connectivity index (χ3n) is 2.45. The number of rotatable bonds is 5. The van der Waals surface area contributed by atoms with Crippen LogP contribution >= 0.6 is 11.8 Å². The van der Waals surface area contributed by atoms with Gasteiger partial charge < -0.3 is 16.2 Å². The second kappa shape index (κ2) is 6.51. The molecular formula is C12H18N2O2S. The average Bonchev–Trinajstić information content (AvgIpc) is 2.30. The highest BCUT2D eigenvalue weighted by atomic mass is 32.2. The van der Waals surface area contributed by atoms with Crippen LogP contribution < -0.4 is 11.1 Å². The van der Waals surface area contributed by atoms with E-state index >= 15 is 0 Å². The highest BCUT2D eigenvalue weighted by Crippen LogP contribution is 2.20. The molecule has 1 rings (SSSR count). The fraction of sp³-hybridized carbons (Fsp3) is 0.417. The van der Waals surface area contributed by atoms with Crippen molar-refractivity contribution in [3.63, 3.8) is 0 Å². The number of carbonyl (C=O) groups is 1. The van der Waals surface area contributed by atoms with Gasteiger partial charge >= 0.3 is 0 Å². The lowest BCUT2D eigenvalue weighted by molar-refractivity contribution is -0.117. The van der Waals surface area contributed by atoms with Crippen molar-refractivity contribution in [2.75, 3.05) is 17.3 Å². The predicted octanol–water partition coefficient (Wildman–Crippen LogP) is 1.72. The molecule has 0 saturated carbocycles. The summed E-state index contributed by atoms with van der Waals surface area (Å²) in [6.45, 7) is 1.80. The standard InChI is InChI=1S/C12H18N2O2S/c1-8-3-4-9(7-11(8)15)14-12(16)10(13)5-6-17-2/h3-4,7,10,15H,5-6,13H2,1-2H3,(H,14,16)/t10-/m0/s1. The number of aromatic hydroxyl groups is 1. The number of benzene rings is 1. The molecule has 0 spiro atoms. The third-order valence-corrected chi connectivity index (χ3v) is 3.09. The van der Waals surface area contributed by atoms with Gasteiger partial charge in [0.05, 0.1) is 6.04 Å². The van der Waals surface area contributed by atoms with Crippen molar-refractivity contribution < 1.29 is 9.90 Å². The van der Waals surface area contributed by atoms with Crippen LogP contribution in [0, 0.1) is 6.92 Å². The van der Waals surface area contributed by atoms with Crippen LogP contribution in [0.1, 0.15) is 12.0 Å². The lowest BCUT2D eigenvalue weighted by Gasteiger charge is -2.12. The van der Waals surface area contributed by atoms with Gasteiger partial charge in [-0.05, 0) is 37.0 Å². The average molecular weight is 254 g/mol. The predicted molar refractivity (Wildman–Crippen MR) is 72.4 cm³/mol. The Bertz CT molecular complexity index is 396. The summed E-state index contributed by atoms with van der Waals surface area (Å²) in [5.41, 5.74) is 7.07. The zero-order valence-electron chi connectivity index (χ0n) is 10.1. The van der Waals surface area contributed by atoms with Gasteiger partial charge in [-0.25, -0.2) is 0 Å². The second-order valence-electron chi connectivity index (χ2n) is 3.88. The molecule has 0 bridgehead atoms. The first-order valence-corrected chi connectivity index (χ1v) is 6.79. The number of thioether (sulfide) groups is 1. The molecule has 0 aliphatic rings. The van der Waals surface area contributed by atoms with E-state index in [1.807, 2.05) is 6.26 Å². The number of anilines is 1. The summed E-state index contributed by atoms with van der Waals surface area (Å²) in [5.74, 6) is 0.802. The molecule has 0 aromatic heterocycles. The largest absolute Gasteiger partial charge is 0.508 e. The van der Waals surface area contributed by atoms with Gasteiger partial charge in [0, 0.05) is 11.8 Å². The fourth-order valence-corrected chi connectivity index (χ4v) is 1.79. The van der Waals surface area contributed by atoms with E-state index in [-0.39, 0.29) is 11.7 Å². The van der Waals surface area contributed by atoms with Gasteiger partial charge in [-0.1, -0.05) is 6.07 Å². The van der Waals surface area contributed by atoms with E-state index in [1.165, 1.54) is 6.07 Å². The van der Waals surface area contributed by atoms with Gasteiger partial charge in [-0.15, -0.1) is 0 Å². The lowest BCUT2D eigenvalue weighted by atomic mass is 10.2. The van der Waals surface area contributed by atoms with Crippen molar-refractivity contribution in [1.82, 2.24) is 0 Å². The first kappa shape index (κ1) is 13.9. The molecule has 0 saturated heterocycles. The molecule has 1 aromatic carbocycles. The quantitative estimate of drug-likeness (QED) is 0.748. The van der Waals surface area contributed by atoms with Crippen LogP contribution in [-0.4, -0.2) is 29.1 Å². The van der Waals surface area contributed by atoms with Crippen molar-refractivity contribution in [2.24, 2.45) is 5.73 Å².